The number of aromatic nitrogens is 3. The Morgan fingerprint density at radius 3 is 2.94 bits per heavy atom. The molecule has 3 rings (SSSR count). The van der Waals surface area contributed by atoms with Gasteiger partial charge in [0.15, 0.2) is 0 Å². The molecule has 1 N–H and O–H groups in total. The van der Waals surface area contributed by atoms with Gasteiger partial charge in [0.25, 0.3) is 0 Å². The van der Waals surface area contributed by atoms with E-state index in [9.17, 15) is 4.79 Å². The highest BCUT2D eigenvalue weighted by atomic mass is 16.4. The number of carboxylic acid groups (broad SMARTS) is 1. The molecule has 94 valence electrons. The van der Waals surface area contributed by atoms with E-state index >= 15 is 0 Å². The summed E-state index contributed by atoms with van der Waals surface area (Å²) in [6.45, 7) is 3.95. The van der Waals surface area contributed by atoms with Crippen molar-refractivity contribution in [3.8, 4) is 0 Å². The minimum absolute atomic E-state index is 0.293. The van der Waals surface area contributed by atoms with Crippen molar-refractivity contribution >= 4 is 11.7 Å². The fourth-order valence-electron chi connectivity index (χ4n) is 2.75. The van der Waals surface area contributed by atoms with Gasteiger partial charge >= 0.3 is 5.97 Å². The topological polar surface area (TPSA) is 67.5 Å². The Labute approximate surface area is 104 Å². The molecule has 0 bridgehead atoms. The van der Waals surface area contributed by atoms with E-state index in [2.05, 4.69) is 9.97 Å². The first-order valence-electron chi connectivity index (χ1n) is 6.13. The second kappa shape index (κ2) is 3.80. The molecule has 0 amide bonds. The maximum absolute atomic E-state index is 11.1. The minimum Gasteiger partial charge on any atom is -0.481 e. The van der Waals surface area contributed by atoms with Crippen molar-refractivity contribution in [3.05, 3.63) is 28.8 Å². The number of aryl methyl sites for hydroxylation is 3. The van der Waals surface area contributed by atoms with E-state index in [-0.39, 0.29) is 5.92 Å². The average Bonchev–Trinajstić information content (AvgIpc) is 2.65. The predicted octanol–water partition coefficient (Wildman–Crippen LogP) is 1.54. The van der Waals surface area contributed by atoms with Crippen molar-refractivity contribution in [1.29, 1.82) is 0 Å². The number of aliphatic carboxylic acids is 1. The van der Waals surface area contributed by atoms with Gasteiger partial charge in [0.2, 0.25) is 5.78 Å². The standard InChI is InChI=1S/C13H15N3O2/c1-7-5-8(2)16-11-6-9(12(17)18)3-4-10(11)15-13(16)14-7/h5,9H,3-4,6H2,1-2H3,(H,17,18). The Bertz CT molecular complexity index is 645. The lowest BCUT2D eigenvalue weighted by Gasteiger charge is -2.18. The fourth-order valence-corrected chi connectivity index (χ4v) is 2.75. The van der Waals surface area contributed by atoms with Gasteiger partial charge in [-0.05, 0) is 32.8 Å². The van der Waals surface area contributed by atoms with Gasteiger partial charge in [-0.2, -0.15) is 0 Å². The summed E-state index contributed by atoms with van der Waals surface area (Å²) in [5.41, 5.74) is 4.04. The molecular formula is C13H15N3O2. The highest BCUT2D eigenvalue weighted by molar-refractivity contribution is 5.71. The lowest BCUT2D eigenvalue weighted by atomic mass is 9.90. The number of rotatable bonds is 1. The molecule has 1 unspecified atom stereocenters. The molecular weight excluding hydrogens is 230 g/mol. The summed E-state index contributed by atoms with van der Waals surface area (Å²) in [7, 11) is 0. The van der Waals surface area contributed by atoms with Crippen LogP contribution in [0.1, 0.15) is 29.2 Å². The van der Waals surface area contributed by atoms with Crippen molar-refractivity contribution in [3.63, 3.8) is 0 Å². The molecule has 0 spiro atoms. The van der Waals surface area contributed by atoms with E-state index in [1.807, 2.05) is 24.3 Å². The summed E-state index contributed by atoms with van der Waals surface area (Å²) >= 11 is 0. The molecule has 0 saturated carbocycles. The third-order valence-corrected chi connectivity index (χ3v) is 3.60. The lowest BCUT2D eigenvalue weighted by Crippen LogP contribution is -2.23. The number of carbonyl (C=O) groups is 1. The summed E-state index contributed by atoms with van der Waals surface area (Å²) in [5.74, 6) is -0.310. The van der Waals surface area contributed by atoms with Crippen LogP contribution < -0.4 is 0 Å². The zero-order chi connectivity index (χ0) is 12.9. The number of fused-ring (bicyclic) bond motifs is 3. The summed E-state index contributed by atoms with van der Waals surface area (Å²) in [5, 5.41) is 9.14. The number of hydrogen-bond donors (Lipinski definition) is 1. The van der Waals surface area contributed by atoms with Crippen molar-refractivity contribution < 1.29 is 9.90 Å². The molecule has 0 fully saturated rings. The van der Waals surface area contributed by atoms with Crippen LogP contribution in [0.25, 0.3) is 5.78 Å². The SMILES string of the molecule is Cc1cc(C)n2c3c(nc2n1)CCC(C(=O)O)C3. The maximum atomic E-state index is 11.1. The largest absolute Gasteiger partial charge is 0.481 e. The molecule has 2 aromatic heterocycles. The van der Waals surface area contributed by atoms with Crippen LogP contribution in [-0.2, 0) is 17.6 Å². The summed E-state index contributed by atoms with van der Waals surface area (Å²) in [6, 6.07) is 2.00. The van der Waals surface area contributed by atoms with Gasteiger partial charge < -0.3 is 5.11 Å². The van der Waals surface area contributed by atoms with Crippen molar-refractivity contribution in [2.45, 2.75) is 33.1 Å². The monoisotopic (exact) mass is 245 g/mol. The van der Waals surface area contributed by atoms with Gasteiger partial charge in [-0.1, -0.05) is 0 Å². The Balaban J connectivity index is 2.18. The molecule has 1 aliphatic rings. The smallest absolute Gasteiger partial charge is 0.306 e. The van der Waals surface area contributed by atoms with Crippen LogP contribution in [0.5, 0.6) is 0 Å². The fraction of sp³-hybridized carbons (Fsp3) is 0.462. The van der Waals surface area contributed by atoms with Crippen LogP contribution in [0, 0.1) is 19.8 Å². The number of imidazole rings is 1. The van der Waals surface area contributed by atoms with Gasteiger partial charge in [-0.15, -0.1) is 0 Å². The van der Waals surface area contributed by atoms with Crippen molar-refractivity contribution in [1.82, 2.24) is 14.4 Å². The molecule has 0 saturated heterocycles. The van der Waals surface area contributed by atoms with Crippen molar-refractivity contribution in [2.24, 2.45) is 5.92 Å². The van der Waals surface area contributed by atoms with Crippen LogP contribution in [0.3, 0.4) is 0 Å². The first-order chi connectivity index (χ1) is 8.56. The molecule has 5 nitrogen and oxygen atoms in total. The molecule has 0 aromatic carbocycles. The second-order valence-corrected chi connectivity index (χ2v) is 4.96. The number of nitrogens with zero attached hydrogens (tertiary/aromatic N) is 3. The number of hydrogen-bond acceptors (Lipinski definition) is 3. The highest BCUT2D eigenvalue weighted by Crippen LogP contribution is 2.27. The van der Waals surface area contributed by atoms with Crippen LogP contribution in [0.15, 0.2) is 6.07 Å². The van der Waals surface area contributed by atoms with Gasteiger partial charge in [0.05, 0.1) is 11.6 Å². The van der Waals surface area contributed by atoms with E-state index in [1.54, 1.807) is 0 Å². The Hall–Kier alpha value is -1.91. The number of carboxylic acids is 1. The Kier molecular flexibility index (Phi) is 2.36. The highest BCUT2D eigenvalue weighted by Gasteiger charge is 2.28. The van der Waals surface area contributed by atoms with E-state index in [1.165, 1.54) is 0 Å². The molecule has 1 atom stereocenters. The van der Waals surface area contributed by atoms with Crippen molar-refractivity contribution in [2.75, 3.05) is 0 Å². The molecule has 5 heteroatoms. The maximum Gasteiger partial charge on any atom is 0.306 e. The van der Waals surface area contributed by atoms with Gasteiger partial charge in [-0.25, -0.2) is 9.97 Å². The van der Waals surface area contributed by atoms with Crippen LogP contribution in [0.2, 0.25) is 0 Å². The van der Waals surface area contributed by atoms with Crippen LogP contribution in [0.4, 0.5) is 0 Å². The van der Waals surface area contributed by atoms with Crippen LogP contribution >= 0.6 is 0 Å². The van der Waals surface area contributed by atoms with E-state index in [4.69, 9.17) is 5.11 Å². The molecule has 2 heterocycles. The predicted molar refractivity (Wildman–Crippen MR) is 65.6 cm³/mol. The third kappa shape index (κ3) is 1.58. The van der Waals surface area contributed by atoms with Crippen LogP contribution in [-0.4, -0.2) is 25.4 Å². The average molecular weight is 245 g/mol. The van der Waals surface area contributed by atoms with E-state index in [0.717, 1.165) is 29.2 Å². The third-order valence-electron chi connectivity index (χ3n) is 3.60. The molecule has 0 aliphatic heterocycles. The second-order valence-electron chi connectivity index (χ2n) is 4.96. The normalized spacial score (nSPS) is 18.9. The summed E-state index contributed by atoms with van der Waals surface area (Å²) in [4.78, 5) is 20.1. The van der Waals surface area contributed by atoms with Gasteiger partial charge in [-0.3, -0.25) is 9.20 Å². The van der Waals surface area contributed by atoms with E-state index < -0.39 is 5.97 Å². The zero-order valence-corrected chi connectivity index (χ0v) is 10.5. The molecule has 0 radical (unpaired) electrons. The Morgan fingerprint density at radius 2 is 2.22 bits per heavy atom. The quantitative estimate of drug-likeness (QED) is 0.827. The molecule has 2 aromatic rings. The summed E-state index contributed by atoms with van der Waals surface area (Å²) < 4.78 is 2.00. The lowest BCUT2D eigenvalue weighted by molar-refractivity contribution is -0.142. The van der Waals surface area contributed by atoms with Gasteiger partial charge in [0.1, 0.15) is 0 Å². The minimum atomic E-state index is -0.715. The molecule has 18 heavy (non-hydrogen) atoms. The van der Waals surface area contributed by atoms with E-state index in [0.29, 0.717) is 18.6 Å². The van der Waals surface area contributed by atoms with Gasteiger partial charge in [0, 0.05) is 23.5 Å². The molecule has 1 aliphatic carbocycles. The Morgan fingerprint density at radius 1 is 1.44 bits per heavy atom. The zero-order valence-electron chi connectivity index (χ0n) is 10.5. The first kappa shape index (κ1) is 11.2. The first-order valence-corrected chi connectivity index (χ1v) is 6.13. The summed E-state index contributed by atoms with van der Waals surface area (Å²) in [6.07, 6.45) is 1.95.